The third kappa shape index (κ3) is 1.12. The number of rotatable bonds is 0. The largest absolute Gasteiger partial charge is 0.486 e. The Morgan fingerprint density at radius 2 is 2.33 bits per heavy atom. The van der Waals surface area contributed by atoms with Crippen molar-refractivity contribution < 1.29 is 4.74 Å². The zero-order valence-electron chi connectivity index (χ0n) is 6.25. The molecule has 0 bridgehead atoms. The van der Waals surface area contributed by atoms with Gasteiger partial charge in [0, 0.05) is 12.3 Å². The van der Waals surface area contributed by atoms with Crippen molar-refractivity contribution in [3.63, 3.8) is 0 Å². The van der Waals surface area contributed by atoms with Crippen molar-refractivity contribution in [3.8, 4) is 5.75 Å². The Morgan fingerprint density at radius 3 is 3.17 bits per heavy atom. The molecule has 0 fully saturated rings. The molecule has 2 rings (SSSR count). The number of anilines is 1. The first kappa shape index (κ1) is 7.43. The lowest BCUT2D eigenvalue weighted by molar-refractivity contribution is 0.377. The first-order valence-corrected chi connectivity index (χ1v) is 3.89. The average Bonchev–Trinajstić information content (AvgIpc) is 2.07. The van der Waals surface area contributed by atoms with Gasteiger partial charge in [0.1, 0.15) is 18.0 Å². The van der Waals surface area contributed by atoms with Crippen LogP contribution in [0.1, 0.15) is 0 Å². The molecular formula is C8H7ClN2O. The molecule has 1 aromatic carbocycles. The maximum absolute atomic E-state index is 5.79. The average molecular weight is 183 g/mol. The van der Waals surface area contributed by atoms with Gasteiger partial charge in [-0.25, -0.2) is 0 Å². The first-order valence-electron chi connectivity index (χ1n) is 3.52. The number of nitrogens with zero attached hydrogens (tertiary/aromatic N) is 1. The van der Waals surface area contributed by atoms with Gasteiger partial charge < -0.3 is 10.5 Å². The number of hydrogen-bond donors (Lipinski definition) is 1. The number of halogens is 1. The zero-order chi connectivity index (χ0) is 8.55. The van der Waals surface area contributed by atoms with Crippen molar-refractivity contribution in [3.05, 3.63) is 17.2 Å². The fraction of sp³-hybridized carbons (Fsp3) is 0.125. The van der Waals surface area contributed by atoms with Crippen molar-refractivity contribution in [1.29, 1.82) is 0 Å². The van der Waals surface area contributed by atoms with Crippen LogP contribution in [0.2, 0.25) is 5.02 Å². The lowest BCUT2D eigenvalue weighted by Crippen LogP contribution is -2.03. The Bertz CT molecular complexity index is 349. The third-order valence-corrected chi connectivity index (χ3v) is 1.95. The van der Waals surface area contributed by atoms with Gasteiger partial charge in [0.2, 0.25) is 0 Å². The summed E-state index contributed by atoms with van der Waals surface area (Å²) in [5, 5.41) is 0.511. The molecule has 0 atom stereocenters. The van der Waals surface area contributed by atoms with E-state index >= 15 is 0 Å². The van der Waals surface area contributed by atoms with E-state index in [1.807, 2.05) is 0 Å². The van der Waals surface area contributed by atoms with E-state index in [9.17, 15) is 0 Å². The summed E-state index contributed by atoms with van der Waals surface area (Å²) in [5.41, 5.74) is 6.84. The topological polar surface area (TPSA) is 47.6 Å². The van der Waals surface area contributed by atoms with E-state index in [-0.39, 0.29) is 0 Å². The van der Waals surface area contributed by atoms with Gasteiger partial charge >= 0.3 is 0 Å². The van der Waals surface area contributed by atoms with E-state index in [0.717, 1.165) is 5.69 Å². The number of nitrogen functional groups attached to an aromatic ring is 1. The molecule has 0 aliphatic carbocycles. The zero-order valence-corrected chi connectivity index (χ0v) is 7.01. The highest BCUT2D eigenvalue weighted by Gasteiger charge is 2.09. The predicted molar refractivity (Wildman–Crippen MR) is 49.5 cm³/mol. The molecule has 0 saturated carbocycles. The minimum absolute atomic E-state index is 0.494. The molecule has 12 heavy (non-hydrogen) atoms. The molecule has 0 unspecified atom stereocenters. The summed E-state index contributed by atoms with van der Waals surface area (Å²) in [6.45, 7) is 0.494. The number of ether oxygens (including phenoxy) is 1. The van der Waals surface area contributed by atoms with Crippen molar-refractivity contribution in [2.45, 2.75) is 0 Å². The Morgan fingerprint density at radius 1 is 1.50 bits per heavy atom. The lowest BCUT2D eigenvalue weighted by Gasteiger charge is -2.12. The molecule has 0 aromatic heterocycles. The van der Waals surface area contributed by atoms with Gasteiger partial charge in [-0.15, -0.1) is 0 Å². The summed E-state index contributed by atoms with van der Waals surface area (Å²) in [4.78, 5) is 4.10. The smallest absolute Gasteiger partial charge is 0.147 e. The maximum atomic E-state index is 5.79. The van der Waals surface area contributed by atoms with Crippen molar-refractivity contribution >= 4 is 29.2 Å². The molecule has 62 valence electrons. The second-order valence-corrected chi connectivity index (χ2v) is 2.87. The Balaban J connectivity index is 2.58. The number of benzene rings is 1. The van der Waals surface area contributed by atoms with E-state index in [1.165, 1.54) is 0 Å². The van der Waals surface area contributed by atoms with Crippen molar-refractivity contribution in [2.75, 3.05) is 12.3 Å². The van der Waals surface area contributed by atoms with E-state index < -0.39 is 0 Å². The second kappa shape index (κ2) is 2.68. The van der Waals surface area contributed by atoms with Crippen molar-refractivity contribution in [1.82, 2.24) is 0 Å². The molecule has 1 aliphatic heterocycles. The van der Waals surface area contributed by atoms with Crippen LogP contribution < -0.4 is 10.5 Å². The van der Waals surface area contributed by atoms with Crippen LogP contribution in [0.15, 0.2) is 17.1 Å². The van der Waals surface area contributed by atoms with Crippen molar-refractivity contribution in [2.24, 2.45) is 4.99 Å². The third-order valence-electron chi connectivity index (χ3n) is 1.62. The van der Waals surface area contributed by atoms with Crippen LogP contribution in [0.5, 0.6) is 5.75 Å². The normalized spacial score (nSPS) is 13.8. The highest BCUT2D eigenvalue weighted by molar-refractivity contribution is 6.33. The highest BCUT2D eigenvalue weighted by Crippen LogP contribution is 2.35. The Labute approximate surface area is 74.8 Å². The molecule has 2 N–H and O–H groups in total. The summed E-state index contributed by atoms with van der Waals surface area (Å²) < 4.78 is 5.27. The number of aliphatic imine (C=N–C) groups is 1. The molecule has 0 saturated heterocycles. The van der Waals surface area contributed by atoms with Crippen LogP contribution in [0.25, 0.3) is 0 Å². The van der Waals surface area contributed by atoms with Crippen LogP contribution >= 0.6 is 11.6 Å². The molecule has 1 heterocycles. The van der Waals surface area contributed by atoms with Crippen LogP contribution in [0.4, 0.5) is 11.4 Å². The molecule has 1 aliphatic rings. The highest BCUT2D eigenvalue weighted by atomic mass is 35.5. The molecule has 1 aromatic rings. The lowest BCUT2D eigenvalue weighted by atomic mass is 10.2. The molecule has 4 heteroatoms. The van der Waals surface area contributed by atoms with E-state index in [4.69, 9.17) is 22.1 Å². The van der Waals surface area contributed by atoms with Gasteiger partial charge in [-0.1, -0.05) is 11.6 Å². The molecular weight excluding hydrogens is 176 g/mol. The minimum Gasteiger partial charge on any atom is -0.486 e. The molecule has 0 amide bonds. The molecule has 0 spiro atoms. The van der Waals surface area contributed by atoms with Crippen LogP contribution in [0, 0.1) is 0 Å². The van der Waals surface area contributed by atoms with Gasteiger partial charge in [-0.3, -0.25) is 4.99 Å². The van der Waals surface area contributed by atoms with Gasteiger partial charge in [0.25, 0.3) is 0 Å². The van der Waals surface area contributed by atoms with E-state index in [2.05, 4.69) is 4.99 Å². The SMILES string of the molecule is Nc1cc2c(cc1Cl)N=CCO2. The summed E-state index contributed by atoms with van der Waals surface area (Å²) in [7, 11) is 0. The maximum Gasteiger partial charge on any atom is 0.147 e. The van der Waals surface area contributed by atoms with Gasteiger partial charge in [-0.2, -0.15) is 0 Å². The Kier molecular flexibility index (Phi) is 1.66. The number of hydrogen-bond acceptors (Lipinski definition) is 3. The summed E-state index contributed by atoms with van der Waals surface area (Å²) in [6, 6.07) is 3.38. The number of fused-ring (bicyclic) bond motifs is 1. The molecule has 0 radical (unpaired) electrons. The fourth-order valence-electron chi connectivity index (χ4n) is 1.04. The quantitative estimate of drug-likeness (QED) is 0.624. The Hall–Kier alpha value is -1.22. The first-order chi connectivity index (χ1) is 5.77. The van der Waals surface area contributed by atoms with Crippen LogP contribution in [0.3, 0.4) is 0 Å². The van der Waals surface area contributed by atoms with Gasteiger partial charge in [-0.05, 0) is 6.07 Å². The second-order valence-electron chi connectivity index (χ2n) is 2.46. The fourth-order valence-corrected chi connectivity index (χ4v) is 1.20. The summed E-state index contributed by atoms with van der Waals surface area (Å²) in [5.74, 6) is 0.694. The van der Waals surface area contributed by atoms with Crippen LogP contribution in [-0.2, 0) is 0 Å². The minimum atomic E-state index is 0.494. The summed E-state index contributed by atoms with van der Waals surface area (Å²) in [6.07, 6.45) is 1.69. The monoisotopic (exact) mass is 182 g/mol. The van der Waals surface area contributed by atoms with E-state index in [0.29, 0.717) is 23.1 Å². The van der Waals surface area contributed by atoms with Crippen LogP contribution in [-0.4, -0.2) is 12.8 Å². The predicted octanol–water partition coefficient (Wildman–Crippen LogP) is 2.02. The molecule has 3 nitrogen and oxygen atoms in total. The summed E-state index contributed by atoms with van der Waals surface area (Å²) >= 11 is 5.79. The van der Waals surface area contributed by atoms with Gasteiger partial charge in [0.05, 0.1) is 10.7 Å². The number of nitrogens with two attached hydrogens (primary N) is 1. The van der Waals surface area contributed by atoms with Gasteiger partial charge in [0.15, 0.2) is 0 Å². The van der Waals surface area contributed by atoms with E-state index in [1.54, 1.807) is 18.3 Å². The standard InChI is InChI=1S/C8H7ClN2O/c9-5-3-7-8(4-6(5)10)12-2-1-11-7/h1,3-4H,2,10H2.